The first-order valence-corrected chi connectivity index (χ1v) is 5.67. The van der Waals surface area contributed by atoms with E-state index in [4.69, 9.17) is 16.1 Å². The molecule has 0 bridgehead atoms. The lowest BCUT2D eigenvalue weighted by Crippen LogP contribution is -1.93. The molecule has 3 rings (SSSR count). The second-order valence-electron chi connectivity index (χ2n) is 3.65. The summed E-state index contributed by atoms with van der Waals surface area (Å²) in [5.41, 5.74) is -0.150. The summed E-state index contributed by atoms with van der Waals surface area (Å²) < 4.78 is 5.01. The fraction of sp³-hybridized carbons (Fsp3) is 0. The van der Waals surface area contributed by atoms with Crippen molar-refractivity contribution in [1.82, 2.24) is 25.3 Å². The van der Waals surface area contributed by atoms with Crippen molar-refractivity contribution < 1.29 is 9.45 Å². The molecule has 0 fully saturated rings. The van der Waals surface area contributed by atoms with Crippen LogP contribution in [0.4, 0.5) is 5.69 Å². The molecule has 0 atom stereocenters. The van der Waals surface area contributed by atoms with Crippen LogP contribution in [0.5, 0.6) is 0 Å². The largest absolute Gasteiger partial charge is 0.333 e. The summed E-state index contributed by atoms with van der Waals surface area (Å²) in [5.74, 6) is 0.357. The molecule has 2 aromatic heterocycles. The number of H-pyrrole nitrogens is 1. The predicted octanol–water partition coefficient (Wildman–Crippen LogP) is 2.08. The van der Waals surface area contributed by atoms with Gasteiger partial charge in [0.2, 0.25) is 5.82 Å². The zero-order valence-corrected chi connectivity index (χ0v) is 10.4. The molecule has 1 N–H and O–H groups in total. The second-order valence-corrected chi connectivity index (χ2v) is 4.06. The molecule has 100 valence electrons. The summed E-state index contributed by atoms with van der Waals surface area (Å²) in [6, 6.07) is 4.28. The van der Waals surface area contributed by atoms with E-state index in [2.05, 4.69) is 25.3 Å². The highest BCUT2D eigenvalue weighted by Gasteiger charge is 2.24. The average Bonchev–Trinajstić information content (AvgIpc) is 3.09. The molecule has 0 unspecified atom stereocenters. The Balaban J connectivity index is 2.13. The van der Waals surface area contributed by atoms with E-state index < -0.39 is 4.92 Å². The van der Waals surface area contributed by atoms with E-state index in [9.17, 15) is 10.1 Å². The van der Waals surface area contributed by atoms with Gasteiger partial charge in [-0.1, -0.05) is 22.8 Å². The number of benzene rings is 1. The molecule has 0 radical (unpaired) electrons. The van der Waals surface area contributed by atoms with Crippen molar-refractivity contribution in [2.24, 2.45) is 0 Å². The molecule has 0 aliphatic rings. The first-order chi connectivity index (χ1) is 9.66. The van der Waals surface area contributed by atoms with Crippen molar-refractivity contribution in [2.45, 2.75) is 0 Å². The van der Waals surface area contributed by atoms with Gasteiger partial charge in [0, 0.05) is 6.07 Å². The van der Waals surface area contributed by atoms with Crippen molar-refractivity contribution >= 4 is 17.3 Å². The number of rotatable bonds is 3. The zero-order chi connectivity index (χ0) is 14.1. The van der Waals surface area contributed by atoms with E-state index in [0.29, 0.717) is 0 Å². The molecule has 2 heterocycles. The lowest BCUT2D eigenvalue weighted by molar-refractivity contribution is -0.384. The highest BCUT2D eigenvalue weighted by molar-refractivity contribution is 6.33. The molecule has 9 nitrogen and oxygen atoms in total. The monoisotopic (exact) mass is 292 g/mol. The van der Waals surface area contributed by atoms with Crippen LogP contribution in [0.25, 0.3) is 23.1 Å². The van der Waals surface area contributed by atoms with Gasteiger partial charge in [0.25, 0.3) is 11.6 Å². The van der Waals surface area contributed by atoms with E-state index in [0.717, 1.165) is 0 Å². The Morgan fingerprint density at radius 1 is 1.40 bits per heavy atom. The smallest absolute Gasteiger partial charge is 0.283 e. The fourth-order valence-corrected chi connectivity index (χ4v) is 1.86. The minimum Gasteiger partial charge on any atom is -0.333 e. The number of halogens is 1. The van der Waals surface area contributed by atoms with Crippen molar-refractivity contribution in [3.63, 3.8) is 0 Å². The second kappa shape index (κ2) is 4.70. The minimum atomic E-state index is -0.570. The summed E-state index contributed by atoms with van der Waals surface area (Å²) in [4.78, 5) is 18.3. The van der Waals surface area contributed by atoms with E-state index in [1.807, 2.05) is 0 Å². The highest BCUT2D eigenvalue weighted by Crippen LogP contribution is 2.35. The standard InChI is InChI=1S/C10H5ClN6O3/c11-5-2-1-3-6(17(18)19)7(5)10-14-9(16-20-10)8-12-4-13-15-8/h1-4H,(H,12,13,15). The Labute approximate surface area is 115 Å². The zero-order valence-electron chi connectivity index (χ0n) is 9.65. The molecular weight excluding hydrogens is 288 g/mol. The summed E-state index contributed by atoms with van der Waals surface area (Å²) in [5, 5.41) is 21.0. The normalized spacial score (nSPS) is 10.7. The Kier molecular flexibility index (Phi) is 2.88. The molecule has 0 aliphatic carbocycles. The highest BCUT2D eigenvalue weighted by atomic mass is 35.5. The van der Waals surface area contributed by atoms with Crippen LogP contribution < -0.4 is 0 Å². The molecule has 0 saturated carbocycles. The van der Waals surface area contributed by atoms with Crippen LogP contribution in [-0.4, -0.2) is 30.2 Å². The Hall–Kier alpha value is -2.81. The summed E-state index contributed by atoms with van der Waals surface area (Å²) in [6.45, 7) is 0. The first kappa shape index (κ1) is 12.2. The van der Waals surface area contributed by atoms with Gasteiger partial charge < -0.3 is 4.52 Å². The van der Waals surface area contributed by atoms with Crippen LogP contribution in [0.1, 0.15) is 0 Å². The van der Waals surface area contributed by atoms with Gasteiger partial charge in [-0.05, 0) is 6.07 Å². The fourth-order valence-electron chi connectivity index (χ4n) is 1.61. The van der Waals surface area contributed by atoms with Gasteiger partial charge in [-0.25, -0.2) is 4.98 Å². The van der Waals surface area contributed by atoms with Gasteiger partial charge in [0.15, 0.2) is 5.82 Å². The quantitative estimate of drug-likeness (QED) is 0.579. The lowest BCUT2D eigenvalue weighted by Gasteiger charge is -1.99. The molecule has 1 aromatic carbocycles. The molecule has 20 heavy (non-hydrogen) atoms. The van der Waals surface area contributed by atoms with Crippen LogP contribution in [0.2, 0.25) is 5.02 Å². The average molecular weight is 293 g/mol. The molecular formula is C10H5ClN6O3. The minimum absolute atomic E-state index is 0.0614. The molecule has 0 amide bonds. The first-order valence-electron chi connectivity index (χ1n) is 5.29. The maximum atomic E-state index is 11.0. The number of nitrogens with one attached hydrogen (secondary N) is 1. The third-order valence-electron chi connectivity index (χ3n) is 2.46. The number of hydrogen-bond donors (Lipinski definition) is 1. The van der Waals surface area contributed by atoms with Crippen molar-refractivity contribution in [1.29, 1.82) is 0 Å². The molecule has 0 spiro atoms. The summed E-state index contributed by atoms with van der Waals surface area (Å²) >= 11 is 5.97. The van der Waals surface area contributed by atoms with E-state index in [1.54, 1.807) is 0 Å². The van der Waals surface area contributed by atoms with Crippen molar-refractivity contribution in [3.8, 4) is 23.1 Å². The third-order valence-corrected chi connectivity index (χ3v) is 2.77. The SMILES string of the molecule is O=[N+]([O-])c1cccc(Cl)c1-c1nc(-c2ncn[nH]2)no1. The Morgan fingerprint density at radius 2 is 2.25 bits per heavy atom. The van der Waals surface area contributed by atoms with Gasteiger partial charge in [-0.2, -0.15) is 10.1 Å². The van der Waals surface area contributed by atoms with Gasteiger partial charge in [0.1, 0.15) is 11.9 Å². The lowest BCUT2D eigenvalue weighted by atomic mass is 10.2. The number of nitro groups is 1. The Morgan fingerprint density at radius 3 is 2.95 bits per heavy atom. The molecule has 10 heteroatoms. The third kappa shape index (κ3) is 1.99. The van der Waals surface area contributed by atoms with Crippen LogP contribution in [0.15, 0.2) is 29.0 Å². The van der Waals surface area contributed by atoms with Crippen LogP contribution >= 0.6 is 11.6 Å². The topological polar surface area (TPSA) is 124 Å². The molecule has 0 aliphatic heterocycles. The van der Waals surface area contributed by atoms with Crippen LogP contribution in [0.3, 0.4) is 0 Å². The van der Waals surface area contributed by atoms with Gasteiger partial charge in [0.05, 0.1) is 9.95 Å². The predicted molar refractivity (Wildman–Crippen MR) is 66.8 cm³/mol. The molecule has 0 saturated heterocycles. The molecule has 3 aromatic rings. The van der Waals surface area contributed by atoms with Crippen LogP contribution in [-0.2, 0) is 0 Å². The van der Waals surface area contributed by atoms with Gasteiger partial charge in [-0.15, -0.1) is 0 Å². The van der Waals surface area contributed by atoms with Crippen molar-refractivity contribution in [2.75, 3.05) is 0 Å². The number of aromatic nitrogens is 5. The maximum Gasteiger partial charge on any atom is 0.283 e. The van der Waals surface area contributed by atoms with E-state index in [-0.39, 0.29) is 33.8 Å². The van der Waals surface area contributed by atoms with Crippen LogP contribution in [0, 0.1) is 10.1 Å². The number of hydrogen-bond acceptors (Lipinski definition) is 7. The number of aromatic amines is 1. The van der Waals surface area contributed by atoms with Gasteiger partial charge >= 0.3 is 0 Å². The number of nitro benzene ring substituents is 1. The van der Waals surface area contributed by atoms with Crippen molar-refractivity contribution in [3.05, 3.63) is 39.7 Å². The summed E-state index contributed by atoms with van der Waals surface area (Å²) in [6.07, 6.45) is 1.28. The number of nitrogens with zero attached hydrogens (tertiary/aromatic N) is 5. The summed E-state index contributed by atoms with van der Waals surface area (Å²) in [7, 11) is 0. The van der Waals surface area contributed by atoms with E-state index >= 15 is 0 Å². The van der Waals surface area contributed by atoms with E-state index in [1.165, 1.54) is 24.5 Å². The maximum absolute atomic E-state index is 11.0. The Bertz CT molecular complexity index is 769. The van der Waals surface area contributed by atoms with Gasteiger partial charge in [-0.3, -0.25) is 15.2 Å².